The molecule has 114 valence electrons. The van der Waals surface area contributed by atoms with Crippen LogP contribution in [0.3, 0.4) is 0 Å². The van der Waals surface area contributed by atoms with Crippen LogP contribution in [0.4, 0.5) is 11.4 Å². The summed E-state index contributed by atoms with van der Waals surface area (Å²) in [6.07, 6.45) is 1.03. The van der Waals surface area contributed by atoms with Crippen LogP contribution in [0, 0.1) is 5.92 Å². The molecule has 1 aromatic carbocycles. The fraction of sp³-hybridized carbons (Fsp3) is 0.562. The quantitative estimate of drug-likeness (QED) is 0.792. The van der Waals surface area contributed by atoms with Crippen molar-refractivity contribution in [2.45, 2.75) is 13.3 Å². The van der Waals surface area contributed by atoms with Crippen molar-refractivity contribution in [1.82, 2.24) is 0 Å². The third kappa shape index (κ3) is 2.83. The van der Waals surface area contributed by atoms with Crippen LogP contribution in [0.1, 0.15) is 13.3 Å². The normalized spacial score (nSPS) is 23.1. The SMILES string of the molecule is C[C@H]1COc2ccc(N3CCCOCC3)cc2N(C)C1=O. The van der Waals surface area contributed by atoms with Gasteiger partial charge in [-0.25, -0.2) is 0 Å². The van der Waals surface area contributed by atoms with Crippen LogP contribution < -0.4 is 14.5 Å². The van der Waals surface area contributed by atoms with Crippen molar-refractivity contribution < 1.29 is 14.3 Å². The Morgan fingerprint density at radius 2 is 2.10 bits per heavy atom. The summed E-state index contributed by atoms with van der Waals surface area (Å²) in [5, 5.41) is 0. The summed E-state index contributed by atoms with van der Waals surface area (Å²) in [6, 6.07) is 6.09. The molecular weight excluding hydrogens is 268 g/mol. The molecular formula is C16H22N2O3. The summed E-state index contributed by atoms with van der Waals surface area (Å²) < 4.78 is 11.3. The van der Waals surface area contributed by atoms with Gasteiger partial charge in [0.15, 0.2) is 0 Å². The van der Waals surface area contributed by atoms with Gasteiger partial charge in [0.1, 0.15) is 5.75 Å². The molecule has 1 fully saturated rings. The molecule has 1 aromatic rings. The maximum atomic E-state index is 12.3. The van der Waals surface area contributed by atoms with Crippen molar-refractivity contribution in [3.8, 4) is 5.75 Å². The van der Waals surface area contributed by atoms with Crippen LogP contribution >= 0.6 is 0 Å². The topological polar surface area (TPSA) is 42.0 Å². The molecule has 21 heavy (non-hydrogen) atoms. The van der Waals surface area contributed by atoms with Gasteiger partial charge in [-0.15, -0.1) is 0 Å². The van der Waals surface area contributed by atoms with Crippen molar-refractivity contribution in [2.75, 3.05) is 49.8 Å². The molecule has 2 aliphatic rings. The highest BCUT2D eigenvalue weighted by Crippen LogP contribution is 2.35. The molecule has 0 spiro atoms. The number of hydrogen-bond donors (Lipinski definition) is 0. The Morgan fingerprint density at radius 3 is 2.95 bits per heavy atom. The summed E-state index contributed by atoms with van der Waals surface area (Å²) in [5.74, 6) is 0.771. The zero-order valence-corrected chi connectivity index (χ0v) is 12.7. The molecule has 0 bridgehead atoms. The lowest BCUT2D eigenvalue weighted by Gasteiger charge is -2.25. The summed E-state index contributed by atoms with van der Waals surface area (Å²) in [4.78, 5) is 16.3. The first-order chi connectivity index (χ1) is 10.2. The number of rotatable bonds is 1. The molecule has 0 aliphatic carbocycles. The smallest absolute Gasteiger partial charge is 0.233 e. The molecule has 3 rings (SSSR count). The summed E-state index contributed by atoms with van der Waals surface area (Å²) in [5.41, 5.74) is 1.98. The van der Waals surface area contributed by atoms with Crippen LogP contribution in [0.5, 0.6) is 5.75 Å². The molecule has 2 heterocycles. The van der Waals surface area contributed by atoms with Gasteiger partial charge in [-0.1, -0.05) is 6.92 Å². The first kappa shape index (κ1) is 14.2. The largest absolute Gasteiger partial charge is 0.491 e. The maximum absolute atomic E-state index is 12.3. The number of carbonyl (C=O) groups excluding carboxylic acids is 1. The van der Waals surface area contributed by atoms with Crippen molar-refractivity contribution >= 4 is 17.3 Å². The second-order valence-corrected chi connectivity index (χ2v) is 5.71. The lowest BCUT2D eigenvalue weighted by molar-refractivity contribution is -0.122. The van der Waals surface area contributed by atoms with Gasteiger partial charge in [0.05, 0.1) is 24.8 Å². The van der Waals surface area contributed by atoms with E-state index >= 15 is 0 Å². The molecule has 0 N–H and O–H groups in total. The number of ether oxygens (including phenoxy) is 2. The summed E-state index contributed by atoms with van der Waals surface area (Å²) in [6.45, 7) is 5.77. The number of amides is 1. The number of benzene rings is 1. The number of hydrogen-bond acceptors (Lipinski definition) is 4. The highest BCUT2D eigenvalue weighted by molar-refractivity contribution is 5.97. The maximum Gasteiger partial charge on any atom is 0.233 e. The van der Waals surface area contributed by atoms with E-state index in [2.05, 4.69) is 17.0 Å². The molecule has 1 saturated heterocycles. The Bertz CT molecular complexity index is 524. The van der Waals surface area contributed by atoms with Gasteiger partial charge in [0, 0.05) is 32.4 Å². The van der Waals surface area contributed by atoms with Gasteiger partial charge in [-0.2, -0.15) is 0 Å². The van der Waals surface area contributed by atoms with Gasteiger partial charge in [0.25, 0.3) is 0 Å². The molecule has 0 aromatic heterocycles. The van der Waals surface area contributed by atoms with Crippen molar-refractivity contribution in [3.63, 3.8) is 0 Å². The van der Waals surface area contributed by atoms with E-state index in [1.54, 1.807) is 4.90 Å². The van der Waals surface area contributed by atoms with Crippen LogP contribution in [0.25, 0.3) is 0 Å². The average Bonchev–Trinajstić information content (AvgIpc) is 2.84. The van der Waals surface area contributed by atoms with Gasteiger partial charge >= 0.3 is 0 Å². The fourth-order valence-corrected chi connectivity index (χ4v) is 2.83. The van der Waals surface area contributed by atoms with E-state index in [4.69, 9.17) is 9.47 Å². The third-order valence-corrected chi connectivity index (χ3v) is 4.13. The van der Waals surface area contributed by atoms with E-state index in [0.29, 0.717) is 6.61 Å². The van der Waals surface area contributed by atoms with E-state index in [1.165, 1.54) is 0 Å². The van der Waals surface area contributed by atoms with Crippen LogP contribution in [0.2, 0.25) is 0 Å². The minimum atomic E-state index is -0.113. The Morgan fingerprint density at radius 1 is 1.24 bits per heavy atom. The Hall–Kier alpha value is -1.75. The zero-order chi connectivity index (χ0) is 14.8. The third-order valence-electron chi connectivity index (χ3n) is 4.13. The first-order valence-electron chi connectivity index (χ1n) is 7.54. The van der Waals surface area contributed by atoms with Crippen LogP contribution in [0.15, 0.2) is 18.2 Å². The minimum absolute atomic E-state index is 0.102. The van der Waals surface area contributed by atoms with Gasteiger partial charge < -0.3 is 19.3 Å². The van der Waals surface area contributed by atoms with Gasteiger partial charge in [-0.05, 0) is 24.6 Å². The molecule has 0 saturated carbocycles. The zero-order valence-electron chi connectivity index (χ0n) is 12.7. The van der Waals surface area contributed by atoms with Gasteiger partial charge in [0.2, 0.25) is 5.91 Å². The Kier molecular flexibility index (Phi) is 4.01. The molecule has 2 aliphatic heterocycles. The highest BCUT2D eigenvalue weighted by Gasteiger charge is 2.26. The van der Waals surface area contributed by atoms with Crippen LogP contribution in [-0.4, -0.2) is 45.9 Å². The molecule has 0 radical (unpaired) electrons. The van der Waals surface area contributed by atoms with Crippen molar-refractivity contribution in [1.29, 1.82) is 0 Å². The number of carbonyl (C=O) groups is 1. The Labute approximate surface area is 125 Å². The lowest BCUT2D eigenvalue weighted by atomic mass is 10.1. The monoisotopic (exact) mass is 290 g/mol. The van der Waals surface area contributed by atoms with E-state index in [0.717, 1.165) is 49.8 Å². The Balaban J connectivity index is 1.91. The second kappa shape index (κ2) is 5.93. The molecule has 5 heteroatoms. The fourth-order valence-electron chi connectivity index (χ4n) is 2.83. The molecule has 0 unspecified atom stereocenters. The predicted octanol–water partition coefficient (Wildman–Crippen LogP) is 1.90. The lowest BCUT2D eigenvalue weighted by Crippen LogP contribution is -2.32. The summed E-state index contributed by atoms with van der Waals surface area (Å²) in [7, 11) is 1.82. The van der Waals surface area contributed by atoms with E-state index in [1.807, 2.05) is 20.0 Å². The van der Waals surface area contributed by atoms with E-state index in [9.17, 15) is 4.79 Å². The van der Waals surface area contributed by atoms with E-state index in [-0.39, 0.29) is 11.8 Å². The minimum Gasteiger partial charge on any atom is -0.491 e. The average molecular weight is 290 g/mol. The van der Waals surface area contributed by atoms with Crippen molar-refractivity contribution in [2.24, 2.45) is 5.92 Å². The van der Waals surface area contributed by atoms with Gasteiger partial charge in [-0.3, -0.25) is 4.79 Å². The van der Waals surface area contributed by atoms with Crippen LogP contribution in [-0.2, 0) is 9.53 Å². The standard InChI is InChI=1S/C16H22N2O3/c1-12-11-21-15-5-4-13(10-14(15)17(2)16(12)19)18-6-3-8-20-9-7-18/h4-5,10,12H,3,6-9,11H2,1-2H3/t12-/m0/s1. The number of fused-ring (bicyclic) bond motifs is 1. The first-order valence-corrected chi connectivity index (χ1v) is 7.54. The summed E-state index contributed by atoms with van der Waals surface area (Å²) >= 11 is 0. The van der Waals surface area contributed by atoms with E-state index < -0.39 is 0 Å². The molecule has 5 nitrogen and oxygen atoms in total. The molecule has 1 atom stereocenters. The molecule has 1 amide bonds. The predicted molar refractivity (Wildman–Crippen MR) is 82.2 cm³/mol. The number of anilines is 2. The van der Waals surface area contributed by atoms with Crippen molar-refractivity contribution in [3.05, 3.63) is 18.2 Å². The second-order valence-electron chi connectivity index (χ2n) is 5.71. The highest BCUT2D eigenvalue weighted by atomic mass is 16.5. The number of nitrogens with zero attached hydrogens (tertiary/aromatic N) is 2.